The molecule has 0 bridgehead atoms. The van der Waals surface area contributed by atoms with Gasteiger partial charge in [0.2, 0.25) is 0 Å². The third-order valence-corrected chi connectivity index (χ3v) is 14.3. The standard InChI is InChI=1S/C70H49N5O/c1-70(2,3)46-38-39-71-66(40-46)75-62-36-16-13-30-59(62)67-64(74-60-34-14-11-28-55(60)56-29-12-15-35-61(56)74)42-49(43-65(67)75)76-48-23-17-22-47(41-48)72-44-73-68-50(45-20-5-4-6-21-45)31-18-32-57(68)53-26-9-7-24-51(53)52-25-8-10-27-54(52)58-33-19-37-63(72)69(58)73/h4-43H,1-3H3/i4D,5D,6D,7D,9D,11D,12D,14D,15D,20D,21D,24D,26D,28D,29D,34D,35D. The third kappa shape index (κ3) is 6.73. The molecule has 0 spiro atoms. The van der Waals surface area contributed by atoms with Crippen molar-refractivity contribution in [1.82, 2.24) is 18.7 Å². The number of rotatable bonds is 6. The molecule has 0 saturated heterocycles. The van der Waals surface area contributed by atoms with Crippen LogP contribution in [-0.4, -0.2) is 18.7 Å². The first-order valence-electron chi connectivity index (χ1n) is 33.1. The molecule has 0 aliphatic carbocycles. The Hall–Kier alpha value is -9.78. The average molecular weight is 993 g/mol. The number of hydrogen-bond acceptors (Lipinski definition) is 2. The largest absolute Gasteiger partial charge is 0.458 e. The predicted molar refractivity (Wildman–Crippen MR) is 311 cm³/mol. The van der Waals surface area contributed by atoms with Gasteiger partial charge in [-0.15, -0.1) is 0 Å². The summed E-state index contributed by atoms with van der Waals surface area (Å²) < 4.78 is 169. The molecule has 0 N–H and O–H groups in total. The number of imidazole rings is 1. The summed E-state index contributed by atoms with van der Waals surface area (Å²) in [4.78, 5) is 4.93. The molecule has 6 heteroatoms. The van der Waals surface area contributed by atoms with Gasteiger partial charge >= 0.3 is 0 Å². The van der Waals surface area contributed by atoms with Crippen LogP contribution in [0.15, 0.2) is 242 Å². The summed E-state index contributed by atoms with van der Waals surface area (Å²) in [7, 11) is 0. The lowest BCUT2D eigenvalue weighted by Gasteiger charge is -2.20. The van der Waals surface area contributed by atoms with Crippen LogP contribution in [0.25, 0.3) is 122 Å². The van der Waals surface area contributed by atoms with Crippen LogP contribution in [0.2, 0.25) is 0 Å². The van der Waals surface area contributed by atoms with E-state index in [2.05, 4.69) is 27.1 Å². The Morgan fingerprint density at radius 3 is 1.91 bits per heavy atom. The summed E-state index contributed by atoms with van der Waals surface area (Å²) in [5.41, 5.74) is 5.97. The van der Waals surface area contributed by atoms with E-state index in [1.807, 2.05) is 83.4 Å². The number of nitrogens with zero attached hydrogens (tertiary/aromatic N) is 5. The van der Waals surface area contributed by atoms with Crippen molar-refractivity contribution in [3.05, 3.63) is 254 Å². The van der Waals surface area contributed by atoms with Crippen LogP contribution < -0.4 is 9.30 Å². The lowest BCUT2D eigenvalue weighted by atomic mass is 9.88. The lowest BCUT2D eigenvalue weighted by Crippen LogP contribution is -2.32. The fourth-order valence-corrected chi connectivity index (χ4v) is 11.0. The van der Waals surface area contributed by atoms with E-state index in [9.17, 15) is 11.0 Å². The Labute approximate surface area is 464 Å². The molecule has 10 aromatic carbocycles. The van der Waals surface area contributed by atoms with Crippen molar-refractivity contribution < 1.29 is 32.6 Å². The van der Waals surface area contributed by atoms with E-state index >= 15 is 0 Å². The summed E-state index contributed by atoms with van der Waals surface area (Å²) in [6, 6.07) is 31.4. The monoisotopic (exact) mass is 993 g/mol. The highest BCUT2D eigenvalue weighted by atomic mass is 16.5. The zero-order chi connectivity index (χ0) is 65.4. The molecule has 0 saturated carbocycles. The quantitative estimate of drug-likeness (QED) is 0.123. The van der Waals surface area contributed by atoms with Gasteiger partial charge in [-0.2, -0.15) is 0 Å². The van der Waals surface area contributed by atoms with E-state index in [1.165, 1.54) is 4.57 Å². The number of ether oxygens (including phenoxy) is 1. The molecule has 0 fully saturated rings. The first kappa shape index (κ1) is 29.8. The summed E-state index contributed by atoms with van der Waals surface area (Å²) in [5, 5.41) is 1.03. The SMILES string of the molecule is [2H]c1c([2H])c([2H])c(-c2cccc3c2-[n+]2[c-]n(-c4cccc(Oc5cc(-n6c7c([2H])c([2H])c([2H])c([2H])c7c7c([2H])c([2H])c([2H])c([2H])c76)c6c7ccccc7n(-c7cc(C(C)(C)C)ccn7)c6c5)c4)c4cccc(c42)-c2ccccc2-c2c([2H])c([2H])c([2H])c([2H])c2-3)c([2H])c1[2H]. The molecule has 5 heterocycles. The molecule has 1 aliphatic heterocycles. The minimum atomic E-state index is -0.598. The smallest absolute Gasteiger partial charge is 0.269 e. The molecular weight excluding hydrogens is 927 g/mol. The number of hydrogen-bond donors (Lipinski definition) is 0. The molecule has 0 unspecified atom stereocenters. The normalized spacial score (nSPS) is 15.3. The molecule has 0 radical (unpaired) electrons. The molecule has 15 rings (SSSR count). The minimum absolute atomic E-state index is 0.0849. The maximum atomic E-state index is 9.64. The van der Waals surface area contributed by atoms with Crippen molar-refractivity contribution in [2.45, 2.75) is 26.2 Å². The van der Waals surface area contributed by atoms with E-state index < -0.39 is 90.6 Å². The van der Waals surface area contributed by atoms with Gasteiger partial charge < -0.3 is 9.30 Å². The maximum Gasteiger partial charge on any atom is 0.269 e. The molecule has 1 aliphatic rings. The van der Waals surface area contributed by atoms with Gasteiger partial charge in [0, 0.05) is 39.9 Å². The Balaban J connectivity index is 1.02. The van der Waals surface area contributed by atoms with Crippen molar-refractivity contribution in [3.8, 4) is 78.9 Å². The zero-order valence-electron chi connectivity index (χ0n) is 57.9. The van der Waals surface area contributed by atoms with Crippen LogP contribution in [0.1, 0.15) is 49.6 Å². The van der Waals surface area contributed by atoms with Crippen LogP contribution in [0.4, 0.5) is 0 Å². The number of para-hydroxylation sites is 5. The minimum Gasteiger partial charge on any atom is -0.458 e. The van der Waals surface area contributed by atoms with Gasteiger partial charge in [0.25, 0.3) is 6.33 Å². The molecule has 76 heavy (non-hydrogen) atoms. The van der Waals surface area contributed by atoms with Gasteiger partial charge in [-0.3, -0.25) is 13.7 Å². The first-order valence-corrected chi connectivity index (χ1v) is 24.6. The van der Waals surface area contributed by atoms with E-state index in [-0.39, 0.29) is 90.0 Å². The Morgan fingerprint density at radius 2 is 1.12 bits per heavy atom. The summed E-state index contributed by atoms with van der Waals surface area (Å²) >= 11 is 0. The van der Waals surface area contributed by atoms with Crippen LogP contribution in [0, 0.1) is 6.33 Å². The van der Waals surface area contributed by atoms with E-state index in [4.69, 9.17) is 22.1 Å². The predicted octanol–water partition coefficient (Wildman–Crippen LogP) is 17.4. The molecule has 14 aromatic rings. The summed E-state index contributed by atoms with van der Waals surface area (Å²) in [6.07, 6.45) is 5.31. The molecule has 360 valence electrons. The molecular formula is C70H49N5O. The van der Waals surface area contributed by atoms with E-state index in [0.29, 0.717) is 61.0 Å². The van der Waals surface area contributed by atoms with Crippen molar-refractivity contribution in [1.29, 1.82) is 0 Å². The highest BCUT2D eigenvalue weighted by Crippen LogP contribution is 2.46. The van der Waals surface area contributed by atoms with Gasteiger partial charge in [-0.25, -0.2) is 4.98 Å². The number of aromatic nitrogens is 5. The van der Waals surface area contributed by atoms with E-state index in [1.54, 1.807) is 69.9 Å². The third-order valence-electron chi connectivity index (χ3n) is 14.3. The summed E-state index contributed by atoms with van der Waals surface area (Å²) in [6.45, 7) is 6.28. The number of pyridine rings is 1. The zero-order valence-corrected chi connectivity index (χ0v) is 40.9. The Morgan fingerprint density at radius 1 is 0.487 bits per heavy atom. The second kappa shape index (κ2) is 16.9. The topological polar surface area (TPSA) is 40.8 Å². The van der Waals surface area contributed by atoms with Crippen molar-refractivity contribution >= 4 is 54.6 Å². The lowest BCUT2D eigenvalue weighted by molar-refractivity contribution is -0.570. The van der Waals surface area contributed by atoms with Crippen molar-refractivity contribution in [2.24, 2.45) is 0 Å². The second-order valence-corrected chi connectivity index (χ2v) is 19.7. The van der Waals surface area contributed by atoms with Crippen LogP contribution >= 0.6 is 0 Å². The molecule has 0 atom stereocenters. The van der Waals surface area contributed by atoms with Gasteiger partial charge in [-0.1, -0.05) is 196 Å². The molecule has 6 nitrogen and oxygen atoms in total. The van der Waals surface area contributed by atoms with Gasteiger partial charge in [0.05, 0.1) is 73.5 Å². The van der Waals surface area contributed by atoms with Crippen LogP contribution in [-0.2, 0) is 5.41 Å². The number of fused-ring (bicyclic) bond motifs is 13. The highest BCUT2D eigenvalue weighted by molar-refractivity contribution is 6.17. The van der Waals surface area contributed by atoms with Gasteiger partial charge in [0.1, 0.15) is 17.3 Å². The molecule has 0 amide bonds. The van der Waals surface area contributed by atoms with Crippen LogP contribution in [0.5, 0.6) is 11.5 Å². The number of benzene rings is 10. The van der Waals surface area contributed by atoms with Crippen molar-refractivity contribution in [2.75, 3.05) is 0 Å². The molecule has 4 aromatic heterocycles. The first-order chi connectivity index (χ1) is 44.4. The van der Waals surface area contributed by atoms with Crippen LogP contribution in [0.3, 0.4) is 0 Å². The Bertz CT molecular complexity index is 5600. The highest BCUT2D eigenvalue weighted by Gasteiger charge is 2.27. The van der Waals surface area contributed by atoms with Gasteiger partial charge in [-0.05, 0) is 104 Å². The second-order valence-electron chi connectivity index (χ2n) is 19.7. The maximum absolute atomic E-state index is 9.64. The summed E-state index contributed by atoms with van der Waals surface area (Å²) in [5.74, 6) is 1.00. The fraction of sp³-hybridized carbons (Fsp3) is 0.0571. The Kier molecular flexibility index (Phi) is 6.62. The van der Waals surface area contributed by atoms with Gasteiger partial charge in [0.15, 0.2) is 0 Å². The average Bonchev–Trinajstić information content (AvgIpc) is 1.57. The fourth-order valence-electron chi connectivity index (χ4n) is 11.0. The van der Waals surface area contributed by atoms with Crippen molar-refractivity contribution in [3.63, 3.8) is 0 Å². The van der Waals surface area contributed by atoms with E-state index in [0.717, 1.165) is 5.56 Å².